The number of nitrogens with zero attached hydrogens (tertiary/aromatic N) is 3. The van der Waals surface area contributed by atoms with E-state index in [9.17, 15) is 0 Å². The van der Waals surface area contributed by atoms with Crippen molar-refractivity contribution < 1.29 is 0 Å². The third kappa shape index (κ3) is 6.15. The molecule has 0 aromatic heterocycles. The Kier molecular flexibility index (Phi) is 8.21. The van der Waals surface area contributed by atoms with Crippen LogP contribution < -0.4 is 16.0 Å². The molecule has 3 aliphatic heterocycles. The number of amidine groups is 3. The molecular weight excluding hydrogens is 552 g/mol. The molecule has 0 unspecified atom stereocenters. The van der Waals surface area contributed by atoms with Crippen LogP contribution in [0.25, 0.3) is 0 Å². The molecule has 0 amide bonds. The second-order valence-electron chi connectivity index (χ2n) is 12.5. The van der Waals surface area contributed by atoms with Crippen LogP contribution in [0.15, 0.2) is 106 Å². The molecular formula is C39H42N6. The van der Waals surface area contributed by atoms with E-state index in [-0.39, 0.29) is 18.1 Å². The van der Waals surface area contributed by atoms with Gasteiger partial charge in [-0.1, -0.05) is 91.0 Å². The summed E-state index contributed by atoms with van der Waals surface area (Å²) in [5, 5.41) is 11.2. The van der Waals surface area contributed by atoms with Crippen molar-refractivity contribution in [3.05, 3.63) is 141 Å². The van der Waals surface area contributed by atoms with Crippen LogP contribution in [-0.4, -0.2) is 37.1 Å². The van der Waals surface area contributed by atoms with E-state index in [1.807, 2.05) is 0 Å². The SMILES string of the molecule is Cc1c(CC2=NC[C@H](c3ccccc3)N2)c(C)c(CC2=NC[C@H](c3ccccc3)N2)c(C)c1CC1=NC[C@H](c2ccccc2)N1. The Hall–Kier alpha value is -4.71. The number of aliphatic imine (C=N–C) groups is 3. The van der Waals surface area contributed by atoms with Gasteiger partial charge in [-0.2, -0.15) is 0 Å². The first-order valence-electron chi connectivity index (χ1n) is 16.2. The summed E-state index contributed by atoms with van der Waals surface area (Å²) < 4.78 is 0. The molecule has 3 aliphatic rings. The normalized spacial score (nSPS) is 20.6. The van der Waals surface area contributed by atoms with Crippen LogP contribution in [0.4, 0.5) is 0 Å². The van der Waals surface area contributed by atoms with Crippen molar-refractivity contribution >= 4 is 17.5 Å². The minimum Gasteiger partial charge on any atom is -0.365 e. The molecule has 4 aromatic carbocycles. The lowest BCUT2D eigenvalue weighted by atomic mass is 9.84. The minimum atomic E-state index is 0.227. The second kappa shape index (κ2) is 12.7. The zero-order valence-corrected chi connectivity index (χ0v) is 26.5. The summed E-state index contributed by atoms with van der Waals surface area (Å²) in [6, 6.07) is 32.6. The first-order valence-corrected chi connectivity index (χ1v) is 16.2. The van der Waals surface area contributed by atoms with Crippen LogP contribution in [0.5, 0.6) is 0 Å². The fraction of sp³-hybridized carbons (Fsp3) is 0.308. The predicted octanol–water partition coefficient (Wildman–Crippen LogP) is 6.47. The lowest BCUT2D eigenvalue weighted by Gasteiger charge is -2.24. The monoisotopic (exact) mass is 594 g/mol. The largest absolute Gasteiger partial charge is 0.365 e. The predicted molar refractivity (Wildman–Crippen MR) is 186 cm³/mol. The van der Waals surface area contributed by atoms with Crippen molar-refractivity contribution in [1.29, 1.82) is 0 Å². The molecule has 0 spiro atoms. The highest BCUT2D eigenvalue weighted by molar-refractivity contribution is 5.91. The average Bonchev–Trinajstić information content (AvgIpc) is 3.87. The summed E-state index contributed by atoms with van der Waals surface area (Å²) in [7, 11) is 0. The number of nitrogens with one attached hydrogen (secondary N) is 3. The van der Waals surface area contributed by atoms with Gasteiger partial charge in [0.15, 0.2) is 0 Å². The standard InChI is InChI=1S/C39H42N6/c1-25-31(19-37-40-22-34(43-37)28-13-7-4-8-14-28)26(2)33(21-39-42-24-36(45-39)30-17-11-6-12-18-30)27(3)32(25)20-38-41-23-35(44-38)29-15-9-5-10-16-29/h4-18,34-36H,19-24H2,1-3H3,(H,40,43)(H,41,44)(H,42,45)/t34-,35-,36-/m1/s1. The van der Waals surface area contributed by atoms with Gasteiger partial charge in [-0.25, -0.2) is 0 Å². The van der Waals surface area contributed by atoms with Crippen molar-refractivity contribution in [2.24, 2.45) is 15.0 Å². The van der Waals surface area contributed by atoms with Gasteiger partial charge in [-0.15, -0.1) is 0 Å². The molecule has 3 atom stereocenters. The van der Waals surface area contributed by atoms with Crippen molar-refractivity contribution in [3.8, 4) is 0 Å². The molecule has 7 rings (SSSR count). The molecule has 3 N–H and O–H groups in total. The number of rotatable bonds is 9. The third-order valence-electron chi connectivity index (χ3n) is 9.77. The Morgan fingerprint density at radius 1 is 0.444 bits per heavy atom. The molecule has 0 saturated heterocycles. The first-order chi connectivity index (χ1) is 22.0. The molecule has 0 saturated carbocycles. The maximum atomic E-state index is 4.98. The highest BCUT2D eigenvalue weighted by Crippen LogP contribution is 2.32. The lowest BCUT2D eigenvalue weighted by molar-refractivity contribution is 0.705. The van der Waals surface area contributed by atoms with Crippen LogP contribution in [0.2, 0.25) is 0 Å². The van der Waals surface area contributed by atoms with E-state index in [1.54, 1.807) is 0 Å². The van der Waals surface area contributed by atoms with Gasteiger partial charge in [0, 0.05) is 19.3 Å². The van der Waals surface area contributed by atoms with E-state index in [1.165, 1.54) is 50.1 Å². The molecule has 4 aromatic rings. The Balaban J connectivity index is 1.16. The average molecular weight is 595 g/mol. The van der Waals surface area contributed by atoms with E-state index < -0.39 is 0 Å². The van der Waals surface area contributed by atoms with Crippen molar-refractivity contribution in [2.75, 3.05) is 19.6 Å². The van der Waals surface area contributed by atoms with Crippen LogP contribution >= 0.6 is 0 Å². The highest BCUT2D eigenvalue weighted by atomic mass is 15.1. The van der Waals surface area contributed by atoms with Gasteiger partial charge in [0.05, 0.1) is 37.8 Å². The van der Waals surface area contributed by atoms with Crippen LogP contribution in [0.1, 0.15) is 68.2 Å². The topological polar surface area (TPSA) is 73.2 Å². The van der Waals surface area contributed by atoms with E-state index in [0.29, 0.717) is 0 Å². The van der Waals surface area contributed by atoms with Crippen LogP contribution in [0.3, 0.4) is 0 Å². The Morgan fingerprint density at radius 3 is 0.978 bits per heavy atom. The molecule has 6 nitrogen and oxygen atoms in total. The third-order valence-corrected chi connectivity index (χ3v) is 9.77. The number of hydrogen-bond acceptors (Lipinski definition) is 6. The van der Waals surface area contributed by atoms with Gasteiger partial charge >= 0.3 is 0 Å². The van der Waals surface area contributed by atoms with E-state index >= 15 is 0 Å². The molecule has 0 radical (unpaired) electrons. The van der Waals surface area contributed by atoms with Gasteiger partial charge in [0.25, 0.3) is 0 Å². The first kappa shape index (κ1) is 29.0. The zero-order valence-electron chi connectivity index (χ0n) is 26.5. The summed E-state index contributed by atoms with van der Waals surface area (Å²) in [5.41, 5.74) is 12.0. The summed E-state index contributed by atoms with van der Waals surface area (Å²) in [5.74, 6) is 3.20. The summed E-state index contributed by atoms with van der Waals surface area (Å²) in [4.78, 5) is 14.9. The highest BCUT2D eigenvalue weighted by Gasteiger charge is 2.27. The smallest absolute Gasteiger partial charge is 0.101 e. The van der Waals surface area contributed by atoms with Crippen molar-refractivity contribution in [3.63, 3.8) is 0 Å². The van der Waals surface area contributed by atoms with Gasteiger partial charge in [0.2, 0.25) is 0 Å². The Morgan fingerprint density at radius 2 is 0.711 bits per heavy atom. The Labute approximate surface area is 266 Å². The van der Waals surface area contributed by atoms with Gasteiger partial charge < -0.3 is 16.0 Å². The molecule has 0 fully saturated rings. The summed E-state index contributed by atoms with van der Waals surface area (Å²) in [6.45, 7) is 9.18. The van der Waals surface area contributed by atoms with Crippen LogP contribution in [0, 0.1) is 20.8 Å². The lowest BCUT2D eigenvalue weighted by Crippen LogP contribution is -2.28. The van der Waals surface area contributed by atoms with Gasteiger partial charge in [0.1, 0.15) is 17.5 Å². The van der Waals surface area contributed by atoms with Crippen molar-refractivity contribution in [2.45, 2.75) is 58.2 Å². The minimum absolute atomic E-state index is 0.227. The number of benzene rings is 4. The van der Waals surface area contributed by atoms with Crippen molar-refractivity contribution in [1.82, 2.24) is 16.0 Å². The zero-order chi connectivity index (χ0) is 30.8. The van der Waals surface area contributed by atoms with E-state index in [0.717, 1.165) is 56.4 Å². The maximum absolute atomic E-state index is 4.98. The molecule has 45 heavy (non-hydrogen) atoms. The second-order valence-corrected chi connectivity index (χ2v) is 12.5. The number of hydrogen-bond donors (Lipinski definition) is 3. The maximum Gasteiger partial charge on any atom is 0.101 e. The summed E-state index contributed by atoms with van der Waals surface area (Å²) >= 11 is 0. The van der Waals surface area contributed by atoms with Gasteiger partial charge in [-0.3, -0.25) is 15.0 Å². The Bertz CT molecular complexity index is 1530. The van der Waals surface area contributed by atoms with Gasteiger partial charge in [-0.05, 0) is 70.8 Å². The van der Waals surface area contributed by atoms with Crippen LogP contribution in [-0.2, 0) is 19.3 Å². The summed E-state index contributed by atoms with van der Waals surface area (Å²) in [6.07, 6.45) is 2.38. The fourth-order valence-electron chi connectivity index (χ4n) is 7.11. The molecule has 3 heterocycles. The quantitative estimate of drug-likeness (QED) is 0.208. The van der Waals surface area contributed by atoms with E-state index in [4.69, 9.17) is 15.0 Å². The molecule has 0 aliphatic carbocycles. The molecule has 228 valence electrons. The van der Waals surface area contributed by atoms with E-state index in [2.05, 4.69) is 128 Å². The molecule has 0 bridgehead atoms. The fourth-order valence-corrected chi connectivity index (χ4v) is 7.11. The molecule has 6 heteroatoms.